The van der Waals surface area contributed by atoms with Gasteiger partial charge in [0.25, 0.3) is 6.71 Å². The molecule has 0 N–H and O–H groups in total. The van der Waals surface area contributed by atoms with E-state index in [1.807, 2.05) is 54.0 Å². The van der Waals surface area contributed by atoms with Crippen LogP contribution in [0.5, 0.6) is 0 Å². The molecule has 7 heteroatoms. The second-order valence-electron chi connectivity index (χ2n) is 20.3. The minimum Gasteiger partial charge on any atom is -0.464 e. The Morgan fingerprint density at radius 3 is 1.87 bits per heavy atom. The average Bonchev–Trinajstić information content (AvgIpc) is 4.18. The molecule has 14 rings (SSSR count). The van der Waals surface area contributed by atoms with Crippen LogP contribution in [0.4, 0.5) is 34.1 Å². The molecule has 0 radical (unpaired) electrons. The van der Waals surface area contributed by atoms with Gasteiger partial charge in [0.05, 0.1) is 17.6 Å². The maximum atomic E-state index is 6.60. The standard InChI is InChI=1S/C63H47BN2O3S/c1-36-26-51-59-52(27-36)66(60-37(2)28-43(29-38(60)3)48-35-67-55-21-12-9-18-46(48)55)61-47-34-44(63(4,5)6)23-25-58(47)70-62(61)64(59)49-24-22-42(57-33-41-15-8-11-20-54(41)69-57)31-50(49)65(51)45-17-13-16-39(30-45)56-32-40-14-7-10-19-53(40)68-56/h7-35H,1-6H3. The molecule has 0 aliphatic carbocycles. The fraction of sp³-hybridized carbons (Fsp3) is 0.111. The summed E-state index contributed by atoms with van der Waals surface area (Å²) in [5.41, 5.74) is 21.4. The predicted molar refractivity (Wildman–Crippen MR) is 294 cm³/mol. The summed E-state index contributed by atoms with van der Waals surface area (Å²) >= 11 is 1.94. The third-order valence-electron chi connectivity index (χ3n) is 14.7. The number of rotatable bonds is 5. The molecule has 0 saturated carbocycles. The quantitative estimate of drug-likeness (QED) is 0.161. The maximum Gasteiger partial charge on any atom is 0.264 e. The number of furan rings is 3. The van der Waals surface area contributed by atoms with Crippen molar-refractivity contribution in [2.24, 2.45) is 0 Å². The first-order valence-electron chi connectivity index (χ1n) is 24.2. The van der Waals surface area contributed by atoms with Gasteiger partial charge in [-0.05, 0) is 150 Å². The number of para-hydroxylation sites is 3. The minimum absolute atomic E-state index is 0.0348. The summed E-state index contributed by atoms with van der Waals surface area (Å²) in [4.78, 5) is 5.12. The van der Waals surface area contributed by atoms with E-state index < -0.39 is 0 Å². The highest BCUT2D eigenvalue weighted by Gasteiger charge is 2.46. The van der Waals surface area contributed by atoms with E-state index in [2.05, 4.69) is 185 Å². The lowest BCUT2D eigenvalue weighted by Gasteiger charge is -2.44. The van der Waals surface area contributed by atoms with Crippen LogP contribution in [-0.2, 0) is 5.41 Å². The van der Waals surface area contributed by atoms with E-state index in [0.717, 1.165) is 83.7 Å². The zero-order valence-electron chi connectivity index (χ0n) is 39.8. The molecule has 2 aliphatic heterocycles. The molecule has 4 aromatic heterocycles. The number of thiophene rings is 1. The summed E-state index contributed by atoms with van der Waals surface area (Å²) in [7, 11) is 0. The lowest BCUT2D eigenvalue weighted by Crippen LogP contribution is -2.60. The Kier molecular flexibility index (Phi) is 8.79. The van der Waals surface area contributed by atoms with Crippen molar-refractivity contribution < 1.29 is 13.3 Å². The van der Waals surface area contributed by atoms with Crippen LogP contribution in [-0.4, -0.2) is 6.71 Å². The van der Waals surface area contributed by atoms with E-state index in [4.69, 9.17) is 13.3 Å². The van der Waals surface area contributed by atoms with Crippen molar-refractivity contribution in [1.29, 1.82) is 0 Å². The van der Waals surface area contributed by atoms with Gasteiger partial charge < -0.3 is 23.1 Å². The smallest absolute Gasteiger partial charge is 0.264 e. The first-order chi connectivity index (χ1) is 34.0. The Balaban J connectivity index is 1.04. The summed E-state index contributed by atoms with van der Waals surface area (Å²) in [5.74, 6) is 1.69. The molecule has 2 aliphatic rings. The fourth-order valence-electron chi connectivity index (χ4n) is 11.5. The number of anilines is 6. The van der Waals surface area contributed by atoms with Crippen LogP contribution in [0, 0.1) is 20.8 Å². The van der Waals surface area contributed by atoms with Crippen molar-refractivity contribution in [3.8, 4) is 33.8 Å². The first kappa shape index (κ1) is 41.0. The number of aryl methyl sites for hydroxylation is 3. The van der Waals surface area contributed by atoms with Crippen molar-refractivity contribution in [3.05, 3.63) is 198 Å². The van der Waals surface area contributed by atoms with Gasteiger partial charge in [-0.3, -0.25) is 0 Å². The number of benzene rings is 8. The Bertz CT molecular complexity index is 4050. The van der Waals surface area contributed by atoms with E-state index in [1.165, 1.54) is 65.1 Å². The molecule has 5 nitrogen and oxygen atoms in total. The summed E-state index contributed by atoms with van der Waals surface area (Å²) in [6.45, 7) is 13.7. The van der Waals surface area contributed by atoms with Gasteiger partial charge in [0.2, 0.25) is 0 Å². The third-order valence-corrected chi connectivity index (χ3v) is 15.9. The third kappa shape index (κ3) is 6.17. The molecule has 0 unspecified atom stereocenters. The highest BCUT2D eigenvalue weighted by molar-refractivity contribution is 7.33. The summed E-state index contributed by atoms with van der Waals surface area (Å²) in [6, 6.07) is 61.7. The molecule has 70 heavy (non-hydrogen) atoms. The van der Waals surface area contributed by atoms with E-state index in [0.29, 0.717) is 0 Å². The monoisotopic (exact) mass is 922 g/mol. The van der Waals surface area contributed by atoms with Crippen molar-refractivity contribution in [2.75, 3.05) is 9.80 Å². The molecule has 0 amide bonds. The van der Waals surface area contributed by atoms with Crippen LogP contribution in [0.1, 0.15) is 43.0 Å². The Hall–Kier alpha value is -8.00. The van der Waals surface area contributed by atoms with Gasteiger partial charge in [-0.2, -0.15) is 0 Å². The van der Waals surface area contributed by atoms with Crippen LogP contribution < -0.4 is 25.5 Å². The number of fused-ring (bicyclic) bond motifs is 9. The Morgan fingerprint density at radius 1 is 0.514 bits per heavy atom. The summed E-state index contributed by atoms with van der Waals surface area (Å²) in [5, 5.41) is 4.58. The van der Waals surface area contributed by atoms with Gasteiger partial charge in [-0.1, -0.05) is 106 Å². The molecule has 8 aromatic carbocycles. The zero-order valence-corrected chi connectivity index (χ0v) is 40.7. The largest absolute Gasteiger partial charge is 0.464 e. The highest BCUT2D eigenvalue weighted by atomic mass is 32.1. The fourth-order valence-corrected chi connectivity index (χ4v) is 12.8. The van der Waals surface area contributed by atoms with Crippen LogP contribution >= 0.6 is 11.3 Å². The SMILES string of the molecule is Cc1cc2c3c(c1)N(c1c(C)cc(-c4coc5ccccc45)cc1C)c1c(sc4ccc(C(C)(C)C)cc14)B3c1ccc(-c3cc4ccccc4o3)cc1N2c1cccc(-c2cc3ccccc3o2)c1. The highest BCUT2D eigenvalue weighted by Crippen LogP contribution is 2.51. The average molecular weight is 923 g/mol. The van der Waals surface area contributed by atoms with Gasteiger partial charge >= 0.3 is 0 Å². The van der Waals surface area contributed by atoms with Crippen LogP contribution in [0.25, 0.3) is 76.8 Å². The van der Waals surface area contributed by atoms with Gasteiger partial charge in [0.1, 0.15) is 28.3 Å². The molecule has 0 saturated heterocycles. The molecule has 0 atom stereocenters. The van der Waals surface area contributed by atoms with E-state index in [9.17, 15) is 0 Å². The number of nitrogens with zero attached hydrogens (tertiary/aromatic N) is 2. The predicted octanol–water partition coefficient (Wildman–Crippen LogP) is 16.4. The molecule has 336 valence electrons. The topological polar surface area (TPSA) is 45.9 Å². The first-order valence-corrected chi connectivity index (χ1v) is 25.0. The molecule has 0 spiro atoms. The maximum absolute atomic E-state index is 6.60. The molecule has 6 heterocycles. The summed E-state index contributed by atoms with van der Waals surface area (Å²) in [6.07, 6.45) is 1.91. The van der Waals surface area contributed by atoms with Crippen molar-refractivity contribution >= 4 is 111 Å². The van der Waals surface area contributed by atoms with Crippen molar-refractivity contribution in [1.82, 2.24) is 0 Å². The Morgan fingerprint density at radius 2 is 1.17 bits per heavy atom. The molecular weight excluding hydrogens is 876 g/mol. The second kappa shape index (κ2) is 15.0. The van der Waals surface area contributed by atoms with E-state index in [1.54, 1.807) is 0 Å². The van der Waals surface area contributed by atoms with E-state index in [-0.39, 0.29) is 12.1 Å². The second-order valence-corrected chi connectivity index (χ2v) is 21.4. The number of hydrogen-bond acceptors (Lipinski definition) is 6. The van der Waals surface area contributed by atoms with E-state index >= 15 is 0 Å². The van der Waals surface area contributed by atoms with Gasteiger partial charge in [0.15, 0.2) is 0 Å². The van der Waals surface area contributed by atoms with Crippen LogP contribution in [0.15, 0.2) is 189 Å². The lowest BCUT2D eigenvalue weighted by molar-refractivity contribution is 0.591. The normalized spacial score (nSPS) is 13.2. The summed E-state index contributed by atoms with van der Waals surface area (Å²) < 4.78 is 21.8. The Labute approximate surface area is 410 Å². The molecule has 0 bridgehead atoms. The van der Waals surface area contributed by atoms with Crippen molar-refractivity contribution in [3.63, 3.8) is 0 Å². The molecule has 12 aromatic rings. The molecule has 0 fully saturated rings. The molecular formula is C63H47BN2O3S. The van der Waals surface area contributed by atoms with Gasteiger partial charge in [-0.25, -0.2) is 0 Å². The van der Waals surface area contributed by atoms with Crippen molar-refractivity contribution in [2.45, 2.75) is 47.0 Å². The van der Waals surface area contributed by atoms with Gasteiger partial charge in [0, 0.05) is 70.5 Å². The lowest BCUT2D eigenvalue weighted by atomic mass is 9.36. The van der Waals surface area contributed by atoms with Crippen LogP contribution in [0.3, 0.4) is 0 Å². The minimum atomic E-state index is -0.0426. The van der Waals surface area contributed by atoms with Gasteiger partial charge in [-0.15, -0.1) is 11.3 Å². The zero-order chi connectivity index (χ0) is 47.2. The van der Waals surface area contributed by atoms with Crippen LogP contribution in [0.2, 0.25) is 0 Å². The number of hydrogen-bond donors (Lipinski definition) is 0.